The van der Waals surface area contributed by atoms with Gasteiger partial charge in [-0.1, -0.05) is 23.2 Å². The number of ether oxygens (including phenoxy) is 1. The van der Waals surface area contributed by atoms with Gasteiger partial charge in [-0.15, -0.1) is 0 Å². The van der Waals surface area contributed by atoms with Crippen molar-refractivity contribution >= 4 is 40.8 Å². The summed E-state index contributed by atoms with van der Waals surface area (Å²) in [4.78, 5) is 10.1. The van der Waals surface area contributed by atoms with E-state index in [9.17, 15) is 15.2 Å². The minimum atomic E-state index is -0.497. The van der Waals surface area contributed by atoms with Gasteiger partial charge in [-0.05, 0) is 12.1 Å². The molecule has 0 aromatic heterocycles. The number of hydrazone groups is 1. The van der Waals surface area contributed by atoms with E-state index in [0.717, 1.165) is 0 Å². The van der Waals surface area contributed by atoms with Gasteiger partial charge < -0.3 is 9.84 Å². The number of hydrogen-bond donors (Lipinski definition) is 2. The summed E-state index contributed by atoms with van der Waals surface area (Å²) in [5.74, 6) is -0.0349. The van der Waals surface area contributed by atoms with Crippen LogP contribution in [0.5, 0.6) is 11.5 Å². The summed E-state index contributed by atoms with van der Waals surface area (Å²) in [7, 11) is 1.38. The van der Waals surface area contributed by atoms with Crippen LogP contribution in [0.3, 0.4) is 0 Å². The number of nitro groups is 1. The summed E-state index contributed by atoms with van der Waals surface area (Å²) in [6.07, 6.45) is 1.27. The molecule has 0 amide bonds. The number of nitrogens with zero attached hydrogens (tertiary/aromatic N) is 2. The largest absolute Gasteiger partial charge is 0.504 e. The van der Waals surface area contributed by atoms with Crippen molar-refractivity contribution < 1.29 is 14.8 Å². The first-order valence-corrected chi connectivity index (χ1v) is 6.98. The quantitative estimate of drug-likeness (QED) is 0.478. The Morgan fingerprint density at radius 1 is 1.35 bits per heavy atom. The Morgan fingerprint density at radius 3 is 2.57 bits per heavy atom. The number of nitro benzene ring substituents is 1. The number of halogens is 2. The second-order valence-corrected chi connectivity index (χ2v) is 5.10. The summed E-state index contributed by atoms with van der Waals surface area (Å²) < 4.78 is 4.98. The molecule has 2 aromatic carbocycles. The molecule has 0 fully saturated rings. The zero-order chi connectivity index (χ0) is 17.0. The molecule has 7 nitrogen and oxygen atoms in total. The Morgan fingerprint density at radius 2 is 2.00 bits per heavy atom. The number of benzene rings is 2. The molecular formula is C14H11Cl2N3O4. The number of nitrogens with one attached hydrogen (secondary N) is 1. The van der Waals surface area contributed by atoms with Crippen molar-refractivity contribution in [1.82, 2.24) is 0 Å². The molecule has 0 aliphatic carbocycles. The molecule has 2 aromatic rings. The second-order valence-electron chi connectivity index (χ2n) is 4.31. The molecule has 0 unspecified atom stereocenters. The van der Waals surface area contributed by atoms with E-state index < -0.39 is 4.92 Å². The van der Waals surface area contributed by atoms with Crippen LogP contribution in [0.25, 0.3) is 0 Å². The minimum absolute atomic E-state index is 0.0280. The van der Waals surface area contributed by atoms with E-state index in [2.05, 4.69) is 10.5 Å². The monoisotopic (exact) mass is 355 g/mol. The number of anilines is 1. The molecule has 9 heteroatoms. The topological polar surface area (TPSA) is 97.0 Å². The molecule has 0 bridgehead atoms. The van der Waals surface area contributed by atoms with Crippen molar-refractivity contribution in [3.05, 3.63) is 56.1 Å². The lowest BCUT2D eigenvalue weighted by atomic mass is 10.2. The first-order valence-electron chi connectivity index (χ1n) is 6.22. The third-order valence-electron chi connectivity index (χ3n) is 2.88. The van der Waals surface area contributed by atoms with Gasteiger partial charge in [0, 0.05) is 18.2 Å². The highest BCUT2D eigenvalue weighted by atomic mass is 35.5. The predicted octanol–water partition coefficient (Wildman–Crippen LogP) is 4.06. The average Bonchev–Trinajstić information content (AvgIpc) is 2.54. The van der Waals surface area contributed by atoms with Gasteiger partial charge in [-0.3, -0.25) is 15.5 Å². The SMILES string of the molecule is COc1cc(Cl)c(Cl)c(/C=N\Nc2ccc([N+](=O)[O-])cc2)c1O. The maximum atomic E-state index is 10.6. The van der Waals surface area contributed by atoms with Crippen molar-refractivity contribution in [1.29, 1.82) is 0 Å². The van der Waals surface area contributed by atoms with Gasteiger partial charge >= 0.3 is 0 Å². The number of rotatable bonds is 5. The highest BCUT2D eigenvalue weighted by Crippen LogP contribution is 2.39. The van der Waals surface area contributed by atoms with Gasteiger partial charge in [0.05, 0.1) is 39.5 Å². The third kappa shape index (κ3) is 3.82. The lowest BCUT2D eigenvalue weighted by Gasteiger charge is -2.09. The van der Waals surface area contributed by atoms with Crippen molar-refractivity contribution in [2.75, 3.05) is 12.5 Å². The van der Waals surface area contributed by atoms with Gasteiger partial charge in [0.25, 0.3) is 5.69 Å². The fourth-order valence-corrected chi connectivity index (χ4v) is 2.11. The van der Waals surface area contributed by atoms with Gasteiger partial charge in [0.15, 0.2) is 11.5 Å². The summed E-state index contributed by atoms with van der Waals surface area (Å²) >= 11 is 12.0. The molecule has 2 rings (SSSR count). The average molecular weight is 356 g/mol. The van der Waals surface area contributed by atoms with E-state index in [-0.39, 0.29) is 32.8 Å². The van der Waals surface area contributed by atoms with Crippen molar-refractivity contribution in [2.24, 2.45) is 5.10 Å². The number of non-ortho nitro benzene ring substituents is 1. The lowest BCUT2D eigenvalue weighted by molar-refractivity contribution is -0.384. The van der Waals surface area contributed by atoms with E-state index in [1.165, 1.54) is 43.7 Å². The van der Waals surface area contributed by atoms with Crippen LogP contribution in [0.2, 0.25) is 10.0 Å². The van der Waals surface area contributed by atoms with Gasteiger partial charge in [0.1, 0.15) is 0 Å². The molecule has 0 aliphatic rings. The van der Waals surface area contributed by atoms with Crippen LogP contribution in [-0.2, 0) is 0 Å². The molecule has 0 spiro atoms. The summed E-state index contributed by atoms with van der Waals surface area (Å²) in [5, 5.41) is 24.8. The maximum absolute atomic E-state index is 10.6. The number of phenolic OH excluding ortho intramolecular Hbond substituents is 1. The summed E-state index contributed by atoms with van der Waals surface area (Å²) in [6.45, 7) is 0. The number of aromatic hydroxyl groups is 1. The van der Waals surface area contributed by atoms with Crippen LogP contribution in [0.15, 0.2) is 35.4 Å². The molecule has 0 radical (unpaired) electrons. The van der Waals surface area contributed by atoms with E-state index in [1.807, 2.05) is 0 Å². The standard InChI is InChI=1S/C14H11Cl2N3O4/c1-23-12-6-11(15)13(16)10(14(12)20)7-17-18-8-2-4-9(5-3-8)19(21)22/h2-7,18,20H,1H3/b17-7-. The Hall–Kier alpha value is -2.51. The molecule has 0 aliphatic heterocycles. The normalized spacial score (nSPS) is 10.7. The maximum Gasteiger partial charge on any atom is 0.269 e. The summed E-state index contributed by atoms with van der Waals surface area (Å²) in [5.41, 5.74) is 3.35. The van der Waals surface area contributed by atoms with Gasteiger partial charge in [-0.2, -0.15) is 5.10 Å². The molecule has 0 saturated carbocycles. The minimum Gasteiger partial charge on any atom is -0.504 e. The molecule has 2 N–H and O–H groups in total. The van der Waals surface area contributed by atoms with Crippen molar-refractivity contribution in [3.8, 4) is 11.5 Å². The van der Waals surface area contributed by atoms with Crippen LogP contribution in [0.1, 0.15) is 5.56 Å². The Labute approximate surface area is 141 Å². The fourth-order valence-electron chi connectivity index (χ4n) is 1.71. The van der Waals surface area contributed by atoms with Crippen LogP contribution < -0.4 is 10.2 Å². The molecule has 23 heavy (non-hydrogen) atoms. The lowest BCUT2D eigenvalue weighted by Crippen LogP contribution is -1.95. The highest BCUT2D eigenvalue weighted by molar-refractivity contribution is 6.43. The van der Waals surface area contributed by atoms with Gasteiger partial charge in [-0.25, -0.2) is 0 Å². The highest BCUT2D eigenvalue weighted by Gasteiger charge is 2.14. The second kappa shape index (κ2) is 7.17. The van der Waals surface area contributed by atoms with Crippen LogP contribution >= 0.6 is 23.2 Å². The van der Waals surface area contributed by atoms with Crippen molar-refractivity contribution in [2.45, 2.75) is 0 Å². The number of methoxy groups -OCH3 is 1. The zero-order valence-electron chi connectivity index (χ0n) is 11.8. The van der Waals surface area contributed by atoms with E-state index in [1.54, 1.807) is 0 Å². The van der Waals surface area contributed by atoms with Crippen LogP contribution in [-0.4, -0.2) is 23.4 Å². The van der Waals surface area contributed by atoms with Crippen LogP contribution in [0, 0.1) is 10.1 Å². The molecular weight excluding hydrogens is 345 g/mol. The van der Waals surface area contributed by atoms with E-state index in [4.69, 9.17) is 27.9 Å². The number of phenols is 1. The third-order valence-corrected chi connectivity index (χ3v) is 3.68. The number of hydrogen-bond acceptors (Lipinski definition) is 6. The Balaban J connectivity index is 2.20. The summed E-state index contributed by atoms with van der Waals surface area (Å²) in [6, 6.07) is 7.06. The Kier molecular flexibility index (Phi) is 5.25. The van der Waals surface area contributed by atoms with Gasteiger partial charge in [0.2, 0.25) is 0 Å². The first-order chi connectivity index (χ1) is 10.9. The van der Waals surface area contributed by atoms with E-state index >= 15 is 0 Å². The van der Waals surface area contributed by atoms with Crippen molar-refractivity contribution in [3.63, 3.8) is 0 Å². The molecule has 0 saturated heterocycles. The van der Waals surface area contributed by atoms with E-state index in [0.29, 0.717) is 5.69 Å². The molecule has 0 atom stereocenters. The Bertz CT molecular complexity index is 764. The predicted molar refractivity (Wildman–Crippen MR) is 89.0 cm³/mol. The molecule has 120 valence electrons. The first kappa shape index (κ1) is 16.9. The zero-order valence-corrected chi connectivity index (χ0v) is 13.3. The molecule has 0 heterocycles. The smallest absolute Gasteiger partial charge is 0.269 e. The van der Waals surface area contributed by atoms with Crippen LogP contribution in [0.4, 0.5) is 11.4 Å². The fraction of sp³-hybridized carbons (Fsp3) is 0.0714.